The average Bonchev–Trinajstić information content (AvgIpc) is 1.87. The number of nitrogens with two attached hydrogens (primary N) is 2. The van der Waals surface area contributed by atoms with Crippen LogP contribution >= 0.6 is 0 Å². The van der Waals surface area contributed by atoms with Gasteiger partial charge in [-0.3, -0.25) is 0 Å². The highest BCUT2D eigenvalue weighted by atomic mass is 15.2. The molecule has 0 aromatic rings. The summed E-state index contributed by atoms with van der Waals surface area (Å²) in [4.78, 5) is 2.16. The van der Waals surface area contributed by atoms with Crippen LogP contribution in [-0.2, 0) is 0 Å². The number of rotatable bonds is 4. The Hall–Kier alpha value is -0.120. The van der Waals surface area contributed by atoms with E-state index in [1.807, 2.05) is 14.0 Å². The van der Waals surface area contributed by atoms with Crippen LogP contribution in [0.3, 0.4) is 0 Å². The van der Waals surface area contributed by atoms with Crippen molar-refractivity contribution in [3.8, 4) is 0 Å². The van der Waals surface area contributed by atoms with Crippen LogP contribution in [0, 0.1) is 0 Å². The molecule has 0 aromatic carbocycles. The Morgan fingerprint density at radius 3 is 2.09 bits per heavy atom. The van der Waals surface area contributed by atoms with Crippen LogP contribution in [0.25, 0.3) is 0 Å². The van der Waals surface area contributed by atoms with E-state index < -0.39 is 5.66 Å². The lowest BCUT2D eigenvalue weighted by Crippen LogP contribution is -2.57. The van der Waals surface area contributed by atoms with E-state index in [9.17, 15) is 0 Å². The summed E-state index contributed by atoms with van der Waals surface area (Å²) >= 11 is 0. The quantitative estimate of drug-likeness (QED) is 0.582. The Balaban J connectivity index is 3.83. The van der Waals surface area contributed by atoms with Gasteiger partial charge in [0, 0.05) is 12.6 Å². The molecule has 3 nitrogen and oxygen atoms in total. The van der Waals surface area contributed by atoms with Gasteiger partial charge in [0.25, 0.3) is 0 Å². The second-order valence-corrected chi connectivity index (χ2v) is 3.60. The molecule has 3 heteroatoms. The minimum atomic E-state index is -0.529. The Bertz CT molecular complexity index is 110. The summed E-state index contributed by atoms with van der Waals surface area (Å²) in [6, 6.07) is 0.507. The molecule has 0 spiro atoms. The molecule has 0 atom stereocenters. The molecule has 0 heterocycles. The van der Waals surface area contributed by atoms with Crippen molar-refractivity contribution in [3.63, 3.8) is 0 Å². The van der Waals surface area contributed by atoms with E-state index in [1.165, 1.54) is 0 Å². The maximum Gasteiger partial charge on any atom is 0.0764 e. The summed E-state index contributed by atoms with van der Waals surface area (Å²) in [5.41, 5.74) is 11.1. The average molecular weight is 159 g/mol. The normalized spacial score (nSPS) is 13.1. The predicted molar refractivity (Wildman–Crippen MR) is 49.2 cm³/mol. The number of hydrogen-bond acceptors (Lipinski definition) is 3. The van der Waals surface area contributed by atoms with Gasteiger partial charge in [0.2, 0.25) is 0 Å². The van der Waals surface area contributed by atoms with Crippen molar-refractivity contribution in [1.82, 2.24) is 4.90 Å². The maximum atomic E-state index is 5.79. The molecule has 0 rings (SSSR count). The first kappa shape index (κ1) is 10.9. The van der Waals surface area contributed by atoms with Crippen LogP contribution in [0.4, 0.5) is 0 Å². The van der Waals surface area contributed by atoms with Crippen LogP contribution in [0.5, 0.6) is 0 Å². The second kappa shape index (κ2) is 4.04. The molecule has 0 bridgehead atoms. The van der Waals surface area contributed by atoms with E-state index in [0.717, 1.165) is 13.0 Å². The van der Waals surface area contributed by atoms with Crippen LogP contribution < -0.4 is 11.5 Å². The molecule has 0 unspecified atom stereocenters. The zero-order valence-corrected chi connectivity index (χ0v) is 8.09. The van der Waals surface area contributed by atoms with E-state index in [4.69, 9.17) is 11.5 Å². The lowest BCUT2D eigenvalue weighted by molar-refractivity contribution is 0.206. The van der Waals surface area contributed by atoms with Gasteiger partial charge in [0.05, 0.1) is 5.66 Å². The molecule has 0 aliphatic heterocycles. The third-order valence-electron chi connectivity index (χ3n) is 2.08. The van der Waals surface area contributed by atoms with Gasteiger partial charge in [-0.2, -0.15) is 0 Å². The van der Waals surface area contributed by atoms with Crippen LogP contribution in [0.2, 0.25) is 0 Å². The molecule has 0 aliphatic carbocycles. The van der Waals surface area contributed by atoms with Gasteiger partial charge >= 0.3 is 0 Å². The Morgan fingerprint density at radius 2 is 1.82 bits per heavy atom. The molecular formula is C8H21N3. The Morgan fingerprint density at radius 1 is 1.36 bits per heavy atom. The summed E-state index contributed by atoms with van der Waals surface area (Å²) in [5, 5.41) is 0. The lowest BCUT2D eigenvalue weighted by Gasteiger charge is -2.31. The highest BCUT2D eigenvalue weighted by Crippen LogP contribution is 2.02. The number of hydrogen-bond donors (Lipinski definition) is 2. The summed E-state index contributed by atoms with van der Waals surface area (Å²) < 4.78 is 0. The molecular weight excluding hydrogens is 138 g/mol. The molecule has 0 saturated heterocycles. The standard InChI is InChI=1S/C8H21N3/c1-5-8(9,10)6-11(4)7(2)3/h7H,5-6,9-10H2,1-4H3. The zero-order chi connectivity index (χ0) is 9.07. The SMILES string of the molecule is CCC(N)(N)CN(C)C(C)C. The van der Waals surface area contributed by atoms with Crippen molar-refractivity contribution in [2.75, 3.05) is 13.6 Å². The monoisotopic (exact) mass is 159 g/mol. The second-order valence-electron chi connectivity index (χ2n) is 3.60. The lowest BCUT2D eigenvalue weighted by atomic mass is 10.1. The predicted octanol–water partition coefficient (Wildman–Crippen LogP) is 0.350. The molecule has 11 heavy (non-hydrogen) atoms. The highest BCUT2D eigenvalue weighted by Gasteiger charge is 2.19. The van der Waals surface area contributed by atoms with Crippen LogP contribution in [-0.4, -0.2) is 30.2 Å². The Kier molecular flexibility index (Phi) is 4.00. The Labute approximate surface area is 69.7 Å². The molecule has 68 valence electrons. The summed E-state index contributed by atoms with van der Waals surface area (Å²) in [6.45, 7) is 7.02. The number of likely N-dealkylation sites (N-methyl/N-ethyl adjacent to an activating group) is 1. The molecule has 4 N–H and O–H groups in total. The van der Waals surface area contributed by atoms with Gasteiger partial charge < -0.3 is 16.4 Å². The topological polar surface area (TPSA) is 55.3 Å². The molecule has 0 aromatic heterocycles. The van der Waals surface area contributed by atoms with Crippen molar-refractivity contribution in [2.45, 2.75) is 38.9 Å². The fourth-order valence-corrected chi connectivity index (χ4v) is 0.759. The first-order valence-corrected chi connectivity index (χ1v) is 4.17. The van der Waals surface area contributed by atoms with Gasteiger partial charge in [-0.1, -0.05) is 6.92 Å². The van der Waals surface area contributed by atoms with E-state index in [2.05, 4.69) is 18.7 Å². The number of nitrogens with zero attached hydrogens (tertiary/aromatic N) is 1. The fourth-order valence-electron chi connectivity index (χ4n) is 0.759. The van der Waals surface area contributed by atoms with E-state index in [0.29, 0.717) is 6.04 Å². The first-order valence-electron chi connectivity index (χ1n) is 4.17. The zero-order valence-electron chi connectivity index (χ0n) is 8.09. The van der Waals surface area contributed by atoms with Crippen molar-refractivity contribution in [2.24, 2.45) is 11.5 Å². The van der Waals surface area contributed by atoms with Gasteiger partial charge in [-0.15, -0.1) is 0 Å². The van der Waals surface area contributed by atoms with Crippen molar-refractivity contribution < 1.29 is 0 Å². The third-order valence-corrected chi connectivity index (χ3v) is 2.08. The van der Waals surface area contributed by atoms with E-state index in [1.54, 1.807) is 0 Å². The summed E-state index contributed by atoms with van der Waals surface area (Å²) in [7, 11) is 2.04. The van der Waals surface area contributed by atoms with Gasteiger partial charge in [-0.05, 0) is 27.3 Å². The fraction of sp³-hybridized carbons (Fsp3) is 1.00. The molecule has 0 radical (unpaired) electrons. The molecule has 0 amide bonds. The minimum absolute atomic E-state index is 0.507. The van der Waals surface area contributed by atoms with Crippen LogP contribution in [0.15, 0.2) is 0 Å². The molecule has 0 saturated carbocycles. The molecule has 0 fully saturated rings. The highest BCUT2D eigenvalue weighted by molar-refractivity contribution is 4.79. The van der Waals surface area contributed by atoms with Crippen LogP contribution in [0.1, 0.15) is 27.2 Å². The summed E-state index contributed by atoms with van der Waals surface area (Å²) in [5.74, 6) is 0. The van der Waals surface area contributed by atoms with E-state index in [-0.39, 0.29) is 0 Å². The minimum Gasteiger partial charge on any atom is -0.312 e. The third kappa shape index (κ3) is 4.35. The summed E-state index contributed by atoms with van der Waals surface area (Å²) in [6.07, 6.45) is 0.810. The van der Waals surface area contributed by atoms with Crippen molar-refractivity contribution in [3.05, 3.63) is 0 Å². The van der Waals surface area contributed by atoms with E-state index >= 15 is 0 Å². The van der Waals surface area contributed by atoms with Crippen molar-refractivity contribution >= 4 is 0 Å². The largest absolute Gasteiger partial charge is 0.312 e. The van der Waals surface area contributed by atoms with Crippen molar-refractivity contribution in [1.29, 1.82) is 0 Å². The first-order chi connectivity index (χ1) is 4.89. The van der Waals surface area contributed by atoms with Gasteiger partial charge in [0.1, 0.15) is 0 Å². The maximum absolute atomic E-state index is 5.79. The van der Waals surface area contributed by atoms with Gasteiger partial charge in [-0.25, -0.2) is 0 Å². The van der Waals surface area contributed by atoms with Gasteiger partial charge in [0.15, 0.2) is 0 Å². The molecule has 0 aliphatic rings. The smallest absolute Gasteiger partial charge is 0.0764 e.